The average molecular weight is 390 g/mol. The number of aryl methyl sites for hydroxylation is 1. The van der Waals surface area contributed by atoms with E-state index in [-0.39, 0.29) is 11.9 Å². The molecule has 26 heavy (non-hydrogen) atoms. The number of hydrogen-bond donors (Lipinski definition) is 0. The maximum Gasteiger partial charge on any atom is 0.310 e. The van der Waals surface area contributed by atoms with Crippen molar-refractivity contribution in [3.05, 3.63) is 50.4 Å². The fourth-order valence-electron chi connectivity index (χ4n) is 3.49. The average Bonchev–Trinajstić information content (AvgIpc) is 3.31. The van der Waals surface area contributed by atoms with E-state index in [9.17, 15) is 4.79 Å². The zero-order valence-electron chi connectivity index (χ0n) is 15.6. The summed E-state index contributed by atoms with van der Waals surface area (Å²) in [5.41, 5.74) is 2.70. The fourth-order valence-corrected chi connectivity index (χ4v) is 5.31. The molecule has 140 valence electrons. The van der Waals surface area contributed by atoms with Crippen molar-refractivity contribution in [3.8, 4) is 0 Å². The van der Waals surface area contributed by atoms with E-state index in [0.29, 0.717) is 6.61 Å². The molecule has 2 aromatic rings. The first-order valence-electron chi connectivity index (χ1n) is 9.36. The zero-order valence-corrected chi connectivity index (χ0v) is 17.2. The summed E-state index contributed by atoms with van der Waals surface area (Å²) in [6, 6.07) is 6.51. The van der Waals surface area contributed by atoms with Crippen molar-refractivity contribution in [2.24, 2.45) is 5.92 Å². The van der Waals surface area contributed by atoms with Crippen molar-refractivity contribution in [2.45, 2.75) is 33.1 Å². The number of likely N-dealkylation sites (tertiary alicyclic amines) is 1. The number of carbonyl (C=O) groups is 1. The molecule has 3 nitrogen and oxygen atoms in total. The van der Waals surface area contributed by atoms with Gasteiger partial charge in [-0.05, 0) is 68.1 Å². The number of thiophene rings is 2. The van der Waals surface area contributed by atoms with Gasteiger partial charge < -0.3 is 9.64 Å². The minimum atomic E-state index is -0.0266. The summed E-state index contributed by atoms with van der Waals surface area (Å²) in [5, 5.41) is 4.31. The molecule has 1 aliphatic heterocycles. The zero-order chi connectivity index (χ0) is 18.4. The lowest BCUT2D eigenvalue weighted by Crippen LogP contribution is -2.39. The minimum Gasteiger partial charge on any atom is -0.466 e. The second kappa shape index (κ2) is 9.49. The van der Waals surface area contributed by atoms with Crippen molar-refractivity contribution in [3.63, 3.8) is 0 Å². The molecular formula is C21H27NO2S2. The second-order valence-electron chi connectivity index (χ2n) is 6.71. The van der Waals surface area contributed by atoms with Crippen LogP contribution in [0.1, 0.15) is 41.5 Å². The van der Waals surface area contributed by atoms with Gasteiger partial charge >= 0.3 is 5.97 Å². The highest BCUT2D eigenvalue weighted by Gasteiger charge is 2.26. The topological polar surface area (TPSA) is 29.5 Å². The van der Waals surface area contributed by atoms with Gasteiger partial charge in [-0.2, -0.15) is 0 Å². The first-order chi connectivity index (χ1) is 12.7. The molecule has 0 bridgehead atoms. The summed E-state index contributed by atoms with van der Waals surface area (Å²) in [6.07, 6.45) is 5.41. The minimum absolute atomic E-state index is 0.0266. The van der Waals surface area contributed by atoms with Gasteiger partial charge in [-0.15, -0.1) is 22.7 Å². The van der Waals surface area contributed by atoms with E-state index >= 15 is 0 Å². The lowest BCUT2D eigenvalue weighted by atomic mass is 9.98. The molecule has 0 saturated carbocycles. The number of nitrogens with zero attached hydrogens (tertiary/aromatic N) is 1. The van der Waals surface area contributed by atoms with E-state index in [1.54, 1.807) is 11.3 Å². The van der Waals surface area contributed by atoms with Gasteiger partial charge in [0, 0.05) is 28.4 Å². The van der Waals surface area contributed by atoms with Crippen molar-refractivity contribution in [1.29, 1.82) is 0 Å². The van der Waals surface area contributed by atoms with Gasteiger partial charge in [0.2, 0.25) is 0 Å². The number of rotatable bonds is 7. The van der Waals surface area contributed by atoms with Crippen molar-refractivity contribution < 1.29 is 9.53 Å². The van der Waals surface area contributed by atoms with E-state index in [4.69, 9.17) is 4.74 Å². The van der Waals surface area contributed by atoms with Crippen LogP contribution in [-0.4, -0.2) is 37.1 Å². The summed E-state index contributed by atoms with van der Waals surface area (Å²) < 4.78 is 5.21. The highest BCUT2D eigenvalue weighted by Crippen LogP contribution is 2.33. The molecular weight excluding hydrogens is 362 g/mol. The van der Waals surface area contributed by atoms with Gasteiger partial charge in [-0.25, -0.2) is 0 Å². The van der Waals surface area contributed by atoms with E-state index in [1.165, 1.54) is 20.9 Å². The Morgan fingerprint density at radius 1 is 1.35 bits per heavy atom. The summed E-state index contributed by atoms with van der Waals surface area (Å²) >= 11 is 3.61. The molecule has 0 aliphatic carbocycles. The lowest BCUT2D eigenvalue weighted by Gasteiger charge is -2.31. The van der Waals surface area contributed by atoms with E-state index in [0.717, 1.165) is 38.9 Å². The summed E-state index contributed by atoms with van der Waals surface area (Å²) in [6.45, 7) is 7.44. The molecule has 0 unspecified atom stereocenters. The Morgan fingerprint density at radius 2 is 2.23 bits per heavy atom. The molecule has 0 aromatic carbocycles. The van der Waals surface area contributed by atoms with Crippen LogP contribution >= 0.6 is 22.7 Å². The summed E-state index contributed by atoms with van der Waals surface area (Å²) in [5.74, 6) is 0.0187. The molecule has 1 atom stereocenters. The third kappa shape index (κ3) is 4.84. The molecule has 3 heterocycles. The van der Waals surface area contributed by atoms with Crippen LogP contribution < -0.4 is 0 Å². The third-order valence-corrected chi connectivity index (χ3v) is 6.77. The number of carbonyl (C=O) groups excluding carboxylic acids is 1. The highest BCUT2D eigenvalue weighted by atomic mass is 32.1. The first kappa shape index (κ1) is 19.3. The molecule has 0 N–H and O–H groups in total. The van der Waals surface area contributed by atoms with Gasteiger partial charge in [-0.1, -0.05) is 12.1 Å². The fraction of sp³-hybridized carbons (Fsp3) is 0.476. The molecule has 3 rings (SSSR count). The number of ether oxygens (including phenoxy) is 1. The second-order valence-corrected chi connectivity index (χ2v) is 8.57. The van der Waals surface area contributed by atoms with Crippen molar-refractivity contribution in [1.82, 2.24) is 4.90 Å². The van der Waals surface area contributed by atoms with Crippen LogP contribution in [0.4, 0.5) is 0 Å². The van der Waals surface area contributed by atoms with Crippen LogP contribution in [0, 0.1) is 12.8 Å². The van der Waals surface area contributed by atoms with Crippen LogP contribution in [0.25, 0.3) is 5.57 Å². The Morgan fingerprint density at radius 3 is 2.92 bits per heavy atom. The Bertz CT molecular complexity index is 733. The number of piperidine rings is 1. The van der Waals surface area contributed by atoms with Crippen LogP contribution in [-0.2, 0) is 9.53 Å². The van der Waals surface area contributed by atoms with Crippen molar-refractivity contribution >= 4 is 34.2 Å². The van der Waals surface area contributed by atoms with E-state index < -0.39 is 0 Å². The predicted octanol–water partition coefficient (Wildman–Crippen LogP) is 5.21. The molecule has 1 aliphatic rings. The molecule has 1 fully saturated rings. The van der Waals surface area contributed by atoms with Gasteiger partial charge in [0.1, 0.15) is 0 Å². The summed E-state index contributed by atoms with van der Waals surface area (Å²) in [4.78, 5) is 17.1. The SMILES string of the molecule is CCOC(=O)[C@H]1CCCN(CC/C=C(\c2cccs2)c2sccc2C)C1. The van der Waals surface area contributed by atoms with E-state index in [2.05, 4.69) is 46.9 Å². The lowest BCUT2D eigenvalue weighted by molar-refractivity contribution is -0.149. The molecule has 5 heteroatoms. The van der Waals surface area contributed by atoms with Crippen LogP contribution in [0.5, 0.6) is 0 Å². The Balaban J connectivity index is 1.64. The van der Waals surface area contributed by atoms with E-state index in [1.807, 2.05) is 18.3 Å². The van der Waals surface area contributed by atoms with Gasteiger partial charge in [0.15, 0.2) is 0 Å². The Hall–Kier alpha value is -1.43. The Labute approximate surface area is 164 Å². The first-order valence-corrected chi connectivity index (χ1v) is 11.1. The molecule has 1 saturated heterocycles. The largest absolute Gasteiger partial charge is 0.466 e. The Kier molecular flexibility index (Phi) is 7.06. The van der Waals surface area contributed by atoms with Crippen LogP contribution in [0.3, 0.4) is 0 Å². The monoisotopic (exact) mass is 389 g/mol. The number of esters is 1. The normalized spacial score (nSPS) is 18.8. The van der Waals surface area contributed by atoms with Crippen molar-refractivity contribution in [2.75, 3.05) is 26.2 Å². The van der Waals surface area contributed by atoms with Crippen LogP contribution in [0.15, 0.2) is 35.0 Å². The molecule has 0 amide bonds. The smallest absolute Gasteiger partial charge is 0.310 e. The summed E-state index contributed by atoms with van der Waals surface area (Å²) in [7, 11) is 0. The van der Waals surface area contributed by atoms with Gasteiger partial charge in [0.25, 0.3) is 0 Å². The third-order valence-electron chi connectivity index (χ3n) is 4.81. The van der Waals surface area contributed by atoms with Gasteiger partial charge in [-0.3, -0.25) is 4.79 Å². The number of hydrogen-bond acceptors (Lipinski definition) is 5. The quantitative estimate of drug-likeness (QED) is 0.609. The highest BCUT2D eigenvalue weighted by molar-refractivity contribution is 7.13. The predicted molar refractivity (Wildman–Crippen MR) is 111 cm³/mol. The molecule has 0 spiro atoms. The molecule has 2 aromatic heterocycles. The maximum atomic E-state index is 12.0. The molecule has 0 radical (unpaired) electrons. The standard InChI is InChI=1S/C21H27NO2S2/c1-3-24-21(23)17-7-4-11-22(15-17)12-5-8-18(19-9-6-13-25-19)20-16(2)10-14-26-20/h6,8-10,13-14,17H,3-5,7,11-12,15H2,1-2H3/b18-8+/t17-/m0/s1. The van der Waals surface area contributed by atoms with Crippen LogP contribution in [0.2, 0.25) is 0 Å². The van der Waals surface area contributed by atoms with Gasteiger partial charge in [0.05, 0.1) is 12.5 Å². The maximum absolute atomic E-state index is 12.0.